The first kappa shape index (κ1) is 42.7. The maximum absolute atomic E-state index is 5.21. The summed E-state index contributed by atoms with van der Waals surface area (Å²) in [5, 5.41) is 1.95. The fourth-order valence-electron chi connectivity index (χ4n) is 9.85. The van der Waals surface area contributed by atoms with Gasteiger partial charge in [0.25, 0.3) is 0 Å². The summed E-state index contributed by atoms with van der Waals surface area (Å²) >= 11 is 0. The summed E-state index contributed by atoms with van der Waals surface area (Å²) in [6, 6.07) is 85.3. The van der Waals surface area contributed by atoms with Gasteiger partial charge in [0, 0.05) is 29.6 Å². The summed E-state index contributed by atoms with van der Waals surface area (Å²) in [4.78, 5) is 19.3. The molecule has 0 aliphatic carbocycles. The second kappa shape index (κ2) is 18.1. The summed E-state index contributed by atoms with van der Waals surface area (Å²) in [5.41, 5.74) is 21.6. The average Bonchev–Trinajstić information content (AvgIpc) is 3.84. The fourth-order valence-corrected chi connectivity index (χ4v) is 9.85. The molecule has 5 heterocycles. The number of pyridine rings is 4. The van der Waals surface area contributed by atoms with Gasteiger partial charge in [-0.3, -0.25) is 0 Å². The van der Waals surface area contributed by atoms with Gasteiger partial charge in [-0.05, 0) is 99.4 Å². The minimum Gasteiger partial charge on any atom is -0.307 e. The van der Waals surface area contributed by atoms with Gasteiger partial charge in [-0.15, -0.1) is 83.2 Å². The van der Waals surface area contributed by atoms with E-state index in [-0.39, 0.29) is 20.1 Å². The van der Waals surface area contributed by atoms with Crippen LogP contribution in [0.3, 0.4) is 0 Å². The van der Waals surface area contributed by atoms with E-state index in [0.717, 1.165) is 128 Å². The summed E-state index contributed by atoms with van der Waals surface area (Å²) in [6.45, 7) is 0. The second-order valence-corrected chi connectivity index (χ2v) is 17.2. The molecule has 0 aliphatic heterocycles. The molecule has 0 unspecified atom stereocenters. The van der Waals surface area contributed by atoms with E-state index in [0.29, 0.717) is 0 Å². The normalized spacial score (nSPS) is 11.3. The van der Waals surface area contributed by atoms with Crippen LogP contribution in [0.4, 0.5) is 0 Å². The Morgan fingerprint density at radius 1 is 0.357 bits per heavy atom. The van der Waals surface area contributed by atoms with Crippen LogP contribution in [0.5, 0.6) is 0 Å². The standard InChI is InChI=1S/C64H38N5.Ir/c1-4-17-53(50(14-1)42-25-29-44(30-26-42)58-20-9-11-35-65-58)47-38-48(54-18-5-2-15-51(54)43-27-31-45(32-28-43)59-21-10-12-36-66-59)40-49(39-47)55-19-6-3-16-52(55)46-33-34-56-57(41-46)64-68-60-22-7-8-23-61(60)69(64)62-24-13-37-67-63(56)62;/h1-29,31,33,35-41H;/q-3;+3. The predicted molar refractivity (Wildman–Crippen MR) is 281 cm³/mol. The summed E-state index contributed by atoms with van der Waals surface area (Å²) in [7, 11) is 0. The Hall–Kier alpha value is -8.67. The predicted octanol–water partition coefficient (Wildman–Crippen LogP) is 15.7. The maximum Gasteiger partial charge on any atom is 3.00 e. The minimum atomic E-state index is 0. The van der Waals surface area contributed by atoms with Gasteiger partial charge in [0.1, 0.15) is 5.65 Å². The van der Waals surface area contributed by atoms with Crippen LogP contribution in [-0.4, -0.2) is 24.3 Å². The molecule has 13 rings (SSSR count). The third-order valence-corrected chi connectivity index (χ3v) is 13.1. The Morgan fingerprint density at radius 2 is 0.814 bits per heavy atom. The third-order valence-electron chi connectivity index (χ3n) is 13.1. The van der Waals surface area contributed by atoms with Gasteiger partial charge in [-0.2, -0.15) is 0 Å². The number of benzene rings is 8. The van der Waals surface area contributed by atoms with E-state index < -0.39 is 0 Å². The third kappa shape index (κ3) is 7.57. The zero-order chi connectivity index (χ0) is 45.7. The summed E-state index contributed by atoms with van der Waals surface area (Å²) in [5.74, 6) is 0. The number of imidazole rings is 1. The van der Waals surface area contributed by atoms with Gasteiger partial charge in [0.05, 0.1) is 11.0 Å². The van der Waals surface area contributed by atoms with E-state index in [1.165, 1.54) is 0 Å². The van der Waals surface area contributed by atoms with Crippen molar-refractivity contribution >= 4 is 38.5 Å². The Morgan fingerprint density at radius 3 is 1.33 bits per heavy atom. The summed E-state index contributed by atoms with van der Waals surface area (Å²) in [6.07, 6.45) is 5.50. The molecule has 0 amide bonds. The van der Waals surface area contributed by atoms with E-state index in [2.05, 4.69) is 196 Å². The molecule has 5 aromatic heterocycles. The first-order valence-corrected chi connectivity index (χ1v) is 23.0. The monoisotopic (exact) mass is 1070 g/mol. The molecule has 0 radical (unpaired) electrons. The Labute approximate surface area is 418 Å². The van der Waals surface area contributed by atoms with Crippen LogP contribution >= 0.6 is 0 Å². The maximum atomic E-state index is 5.21. The topological polar surface area (TPSA) is 56.0 Å². The Kier molecular flexibility index (Phi) is 11.0. The molecule has 328 valence electrons. The van der Waals surface area contributed by atoms with Crippen LogP contribution in [0, 0.1) is 18.2 Å². The van der Waals surface area contributed by atoms with Crippen molar-refractivity contribution in [1.82, 2.24) is 24.3 Å². The average molecular weight is 1070 g/mol. The van der Waals surface area contributed by atoms with Crippen LogP contribution in [0.15, 0.2) is 231 Å². The van der Waals surface area contributed by atoms with Crippen molar-refractivity contribution in [3.8, 4) is 89.3 Å². The van der Waals surface area contributed by atoms with Crippen molar-refractivity contribution in [2.24, 2.45) is 0 Å². The Bertz CT molecular complexity index is 3910. The van der Waals surface area contributed by atoms with Gasteiger partial charge >= 0.3 is 20.1 Å². The SMILES string of the molecule is [Ir+3].[c-]1cc(-c2ccccc2-c2cc(-c3ccccc3-c3c[c-]c(-c4ccccn4)cc3)cc(-c3ccccc3-c3c[c-]c4c(c3)c3nc5ccccc5n3c3cccnc43)c2)ccc1-c1ccccn1. The minimum absolute atomic E-state index is 0. The molecule has 70 heavy (non-hydrogen) atoms. The van der Waals surface area contributed by atoms with Crippen molar-refractivity contribution in [1.29, 1.82) is 0 Å². The Balaban J connectivity index is 0.00000505. The number of fused-ring (bicyclic) bond motifs is 8. The molecule has 0 N–H and O–H groups in total. The number of hydrogen-bond donors (Lipinski definition) is 0. The van der Waals surface area contributed by atoms with Crippen molar-refractivity contribution in [2.45, 2.75) is 0 Å². The number of hydrogen-bond acceptors (Lipinski definition) is 4. The van der Waals surface area contributed by atoms with Gasteiger partial charge in [0.15, 0.2) is 0 Å². The molecule has 0 spiro atoms. The molecule has 5 nitrogen and oxygen atoms in total. The number of para-hydroxylation sites is 2. The van der Waals surface area contributed by atoms with E-state index in [1.807, 2.05) is 67.1 Å². The van der Waals surface area contributed by atoms with Crippen molar-refractivity contribution in [2.75, 3.05) is 0 Å². The summed E-state index contributed by atoms with van der Waals surface area (Å²) < 4.78 is 2.24. The quantitative estimate of drug-likeness (QED) is 0.112. The molecule has 6 heteroatoms. The molecule has 0 bridgehead atoms. The van der Waals surface area contributed by atoms with E-state index in [9.17, 15) is 0 Å². The zero-order valence-corrected chi connectivity index (χ0v) is 39.9. The molecular weight excluding hydrogens is 1030 g/mol. The smallest absolute Gasteiger partial charge is 0.307 e. The molecule has 0 fully saturated rings. The molecule has 0 saturated heterocycles. The van der Waals surface area contributed by atoms with Crippen molar-refractivity contribution < 1.29 is 20.1 Å². The van der Waals surface area contributed by atoms with E-state index in [4.69, 9.17) is 9.97 Å². The molecule has 8 aromatic carbocycles. The number of rotatable bonds is 8. The van der Waals surface area contributed by atoms with Crippen molar-refractivity contribution in [3.63, 3.8) is 0 Å². The van der Waals surface area contributed by atoms with Crippen LogP contribution in [0.2, 0.25) is 0 Å². The first-order valence-electron chi connectivity index (χ1n) is 23.0. The van der Waals surface area contributed by atoms with Gasteiger partial charge in [0.2, 0.25) is 0 Å². The zero-order valence-electron chi connectivity index (χ0n) is 37.5. The molecule has 0 atom stereocenters. The van der Waals surface area contributed by atoms with Crippen LogP contribution < -0.4 is 0 Å². The molecule has 0 aliphatic rings. The molecule has 13 aromatic rings. The van der Waals surface area contributed by atoms with Crippen LogP contribution in [-0.2, 0) is 20.1 Å². The van der Waals surface area contributed by atoms with Gasteiger partial charge in [-0.25, -0.2) is 4.98 Å². The van der Waals surface area contributed by atoms with Crippen LogP contribution in [0.1, 0.15) is 0 Å². The van der Waals surface area contributed by atoms with Crippen molar-refractivity contribution in [3.05, 3.63) is 249 Å². The first-order chi connectivity index (χ1) is 34.2. The molecular formula is C64H38IrN5. The van der Waals surface area contributed by atoms with Gasteiger partial charge < -0.3 is 19.4 Å². The van der Waals surface area contributed by atoms with Crippen LogP contribution in [0.25, 0.3) is 128 Å². The van der Waals surface area contributed by atoms with E-state index in [1.54, 1.807) is 0 Å². The number of nitrogens with zero attached hydrogens (tertiary/aromatic N) is 5. The fraction of sp³-hybridized carbons (Fsp3) is 0. The van der Waals surface area contributed by atoms with Gasteiger partial charge in [-0.1, -0.05) is 148 Å². The van der Waals surface area contributed by atoms with E-state index >= 15 is 0 Å². The second-order valence-electron chi connectivity index (χ2n) is 17.2. The number of aromatic nitrogens is 5. The molecule has 0 saturated carbocycles. The largest absolute Gasteiger partial charge is 3.00 e.